The summed E-state index contributed by atoms with van der Waals surface area (Å²) in [4.78, 5) is 12.5. The number of hydrogen-bond donors (Lipinski definition) is 2. The molecule has 31 heavy (non-hydrogen) atoms. The third kappa shape index (κ3) is 4.95. The lowest BCUT2D eigenvalue weighted by Gasteiger charge is -2.11. The monoisotopic (exact) mass is 419 g/mol. The third-order valence-corrected chi connectivity index (χ3v) is 4.71. The highest BCUT2D eigenvalue weighted by molar-refractivity contribution is 5.94. The maximum absolute atomic E-state index is 12.5. The summed E-state index contributed by atoms with van der Waals surface area (Å²) in [5.41, 5.74) is 8.38. The summed E-state index contributed by atoms with van der Waals surface area (Å²) < 4.78 is 12.3. The number of nitrogen functional groups attached to an aromatic ring is 1. The van der Waals surface area contributed by atoms with Crippen LogP contribution in [0.2, 0.25) is 0 Å². The van der Waals surface area contributed by atoms with Crippen LogP contribution in [0.4, 0.5) is 5.82 Å². The van der Waals surface area contributed by atoms with Gasteiger partial charge in [-0.2, -0.15) is 10.4 Å². The van der Waals surface area contributed by atoms with Crippen LogP contribution in [0.3, 0.4) is 0 Å². The third-order valence-electron chi connectivity index (χ3n) is 4.71. The Bertz CT molecular complexity index is 1090. The minimum Gasteiger partial charge on any atom is -0.493 e. The van der Waals surface area contributed by atoms with E-state index in [2.05, 4.69) is 16.5 Å². The molecular formula is C23H25N5O3. The van der Waals surface area contributed by atoms with Gasteiger partial charge in [0, 0.05) is 12.1 Å². The number of carbonyl (C=O) groups excluding carboxylic acids is 1. The Kier molecular flexibility index (Phi) is 7.12. The molecular weight excluding hydrogens is 394 g/mol. The lowest BCUT2D eigenvalue weighted by atomic mass is 10.1. The van der Waals surface area contributed by atoms with Crippen LogP contribution in [-0.4, -0.2) is 35.9 Å². The molecule has 0 atom stereocenters. The van der Waals surface area contributed by atoms with Crippen molar-refractivity contribution in [2.45, 2.75) is 19.8 Å². The van der Waals surface area contributed by atoms with E-state index in [-0.39, 0.29) is 5.91 Å². The molecule has 0 aliphatic heterocycles. The van der Waals surface area contributed by atoms with Crippen molar-refractivity contribution in [3.05, 3.63) is 65.4 Å². The van der Waals surface area contributed by atoms with Crippen molar-refractivity contribution >= 4 is 11.7 Å². The van der Waals surface area contributed by atoms with Gasteiger partial charge in [0.15, 0.2) is 11.5 Å². The number of nitriles is 1. The maximum atomic E-state index is 12.5. The van der Waals surface area contributed by atoms with Gasteiger partial charge in [0.25, 0.3) is 5.91 Å². The number of anilines is 1. The molecule has 0 bridgehead atoms. The van der Waals surface area contributed by atoms with Gasteiger partial charge >= 0.3 is 0 Å². The number of hydrogen-bond acceptors (Lipinski definition) is 6. The topological polar surface area (TPSA) is 115 Å². The minimum absolute atomic E-state index is 0.210. The van der Waals surface area contributed by atoms with E-state index in [1.165, 1.54) is 0 Å². The van der Waals surface area contributed by atoms with Crippen molar-refractivity contribution < 1.29 is 14.3 Å². The Morgan fingerprint density at radius 3 is 2.68 bits per heavy atom. The predicted molar refractivity (Wildman–Crippen MR) is 118 cm³/mol. The van der Waals surface area contributed by atoms with Gasteiger partial charge in [0.1, 0.15) is 17.5 Å². The molecule has 0 fully saturated rings. The molecule has 0 spiro atoms. The molecule has 3 rings (SSSR count). The minimum atomic E-state index is -0.210. The van der Waals surface area contributed by atoms with Crippen LogP contribution in [-0.2, 0) is 6.42 Å². The number of nitrogens with zero attached hydrogens (tertiary/aromatic N) is 3. The van der Waals surface area contributed by atoms with Crippen molar-refractivity contribution in [3.8, 4) is 23.3 Å². The fourth-order valence-electron chi connectivity index (χ4n) is 3.19. The number of benzene rings is 2. The number of aromatic nitrogens is 2. The first-order valence-corrected chi connectivity index (χ1v) is 10.0. The van der Waals surface area contributed by atoms with E-state index in [0.29, 0.717) is 60.1 Å². The largest absolute Gasteiger partial charge is 0.493 e. The van der Waals surface area contributed by atoms with E-state index in [4.69, 9.17) is 15.2 Å². The first-order valence-electron chi connectivity index (χ1n) is 10.0. The number of para-hydroxylation sites is 1. The molecule has 1 amide bonds. The predicted octanol–water partition coefficient (Wildman–Crippen LogP) is 3.10. The maximum Gasteiger partial charge on any atom is 0.251 e. The number of rotatable bonds is 9. The lowest BCUT2D eigenvalue weighted by Crippen LogP contribution is -2.24. The number of methoxy groups -OCH3 is 1. The van der Waals surface area contributed by atoms with Gasteiger partial charge < -0.3 is 20.5 Å². The molecule has 0 saturated carbocycles. The van der Waals surface area contributed by atoms with Crippen molar-refractivity contribution in [3.63, 3.8) is 0 Å². The molecule has 1 aromatic heterocycles. The van der Waals surface area contributed by atoms with E-state index in [1.807, 2.05) is 37.3 Å². The molecule has 0 radical (unpaired) electrons. The highest BCUT2D eigenvalue weighted by atomic mass is 16.5. The van der Waals surface area contributed by atoms with Crippen molar-refractivity contribution in [1.82, 2.24) is 15.1 Å². The van der Waals surface area contributed by atoms with E-state index in [0.717, 1.165) is 5.69 Å². The van der Waals surface area contributed by atoms with Gasteiger partial charge in [0.2, 0.25) is 0 Å². The SMILES string of the molecule is CCOc1cc(C(=O)NCCCc2nn(-c3ccccc3)c(N)c2C#N)ccc1OC. The molecule has 0 aliphatic rings. The first kappa shape index (κ1) is 21.7. The first-order chi connectivity index (χ1) is 15.1. The van der Waals surface area contributed by atoms with Crippen molar-refractivity contribution in [2.75, 3.05) is 26.0 Å². The van der Waals surface area contributed by atoms with Crippen LogP contribution in [0.15, 0.2) is 48.5 Å². The van der Waals surface area contributed by atoms with Crippen molar-refractivity contribution in [1.29, 1.82) is 5.26 Å². The number of carbonyl (C=O) groups is 1. The molecule has 8 nitrogen and oxygen atoms in total. The van der Waals surface area contributed by atoms with E-state index in [9.17, 15) is 10.1 Å². The van der Waals surface area contributed by atoms with Gasteiger partial charge in [-0.25, -0.2) is 4.68 Å². The van der Waals surface area contributed by atoms with Gasteiger partial charge in [-0.3, -0.25) is 4.79 Å². The molecule has 0 unspecified atom stereocenters. The summed E-state index contributed by atoms with van der Waals surface area (Å²) in [6.07, 6.45) is 1.13. The van der Waals surface area contributed by atoms with Crippen LogP contribution < -0.4 is 20.5 Å². The second-order valence-electron chi connectivity index (χ2n) is 6.72. The number of nitrogens with one attached hydrogen (secondary N) is 1. The zero-order valence-corrected chi connectivity index (χ0v) is 17.6. The van der Waals surface area contributed by atoms with Crippen LogP contribution in [0, 0.1) is 11.3 Å². The quantitative estimate of drug-likeness (QED) is 0.515. The highest BCUT2D eigenvalue weighted by Crippen LogP contribution is 2.28. The Morgan fingerprint density at radius 2 is 2.00 bits per heavy atom. The van der Waals surface area contributed by atoms with Gasteiger partial charge in [-0.05, 0) is 50.1 Å². The summed E-state index contributed by atoms with van der Waals surface area (Å²) >= 11 is 0. The number of nitrogens with two attached hydrogens (primary N) is 1. The fraction of sp³-hybridized carbons (Fsp3) is 0.261. The van der Waals surface area contributed by atoms with Crippen LogP contribution in [0.1, 0.15) is 35.0 Å². The number of amides is 1. The fourth-order valence-corrected chi connectivity index (χ4v) is 3.19. The zero-order chi connectivity index (χ0) is 22.2. The molecule has 1 heterocycles. The molecule has 0 saturated heterocycles. The summed E-state index contributed by atoms with van der Waals surface area (Å²) in [6, 6.07) is 16.6. The summed E-state index contributed by atoms with van der Waals surface area (Å²) in [5, 5.41) is 16.9. The Morgan fingerprint density at radius 1 is 1.23 bits per heavy atom. The Balaban J connectivity index is 1.62. The normalized spacial score (nSPS) is 10.4. The zero-order valence-electron chi connectivity index (χ0n) is 17.6. The van der Waals surface area contributed by atoms with Crippen LogP contribution in [0.25, 0.3) is 5.69 Å². The smallest absolute Gasteiger partial charge is 0.251 e. The lowest BCUT2D eigenvalue weighted by molar-refractivity contribution is 0.0952. The standard InChI is InChI=1S/C23H25N5O3/c1-3-31-21-14-16(11-12-20(21)30-2)23(29)26-13-7-10-19-18(15-24)22(25)28(27-19)17-8-5-4-6-9-17/h4-6,8-9,11-12,14H,3,7,10,13,25H2,1-2H3,(H,26,29). The average molecular weight is 419 g/mol. The summed E-state index contributed by atoms with van der Waals surface area (Å²) in [6.45, 7) is 2.77. The van der Waals surface area contributed by atoms with Gasteiger partial charge in [-0.1, -0.05) is 18.2 Å². The van der Waals surface area contributed by atoms with E-state index in [1.54, 1.807) is 30.0 Å². The van der Waals surface area contributed by atoms with Crippen LogP contribution in [0.5, 0.6) is 11.5 Å². The molecule has 160 valence electrons. The van der Waals surface area contributed by atoms with Crippen LogP contribution >= 0.6 is 0 Å². The molecule has 3 N–H and O–H groups in total. The Hall–Kier alpha value is -3.99. The van der Waals surface area contributed by atoms with E-state index >= 15 is 0 Å². The summed E-state index contributed by atoms with van der Waals surface area (Å²) in [7, 11) is 1.55. The highest BCUT2D eigenvalue weighted by Gasteiger charge is 2.16. The number of ether oxygens (including phenoxy) is 2. The molecule has 3 aromatic rings. The molecule has 0 aliphatic carbocycles. The number of aryl methyl sites for hydroxylation is 1. The van der Waals surface area contributed by atoms with E-state index < -0.39 is 0 Å². The molecule has 8 heteroatoms. The average Bonchev–Trinajstić information content (AvgIpc) is 3.12. The summed E-state index contributed by atoms with van der Waals surface area (Å²) in [5.74, 6) is 1.21. The van der Waals surface area contributed by atoms with Gasteiger partial charge in [0.05, 0.1) is 25.1 Å². The van der Waals surface area contributed by atoms with Crippen molar-refractivity contribution in [2.24, 2.45) is 0 Å². The second kappa shape index (κ2) is 10.2. The Labute approximate surface area is 181 Å². The van der Waals surface area contributed by atoms with Gasteiger partial charge in [-0.15, -0.1) is 0 Å². The second-order valence-corrected chi connectivity index (χ2v) is 6.72. The molecule has 2 aromatic carbocycles.